The average Bonchev–Trinajstić information content (AvgIpc) is 3.03. The van der Waals surface area contributed by atoms with E-state index in [0.29, 0.717) is 11.3 Å². The van der Waals surface area contributed by atoms with Gasteiger partial charge in [0.25, 0.3) is 5.91 Å². The van der Waals surface area contributed by atoms with Crippen LogP contribution in [0.4, 0.5) is 5.69 Å². The molecule has 0 atom stereocenters. The van der Waals surface area contributed by atoms with E-state index in [1.165, 1.54) is 24.3 Å². The van der Waals surface area contributed by atoms with Gasteiger partial charge >= 0.3 is 0 Å². The zero-order valence-electron chi connectivity index (χ0n) is 15.6. The summed E-state index contributed by atoms with van der Waals surface area (Å²) in [5.41, 5.74) is 2.20. The lowest BCUT2D eigenvalue weighted by Crippen LogP contribution is -2.30. The SMILES string of the molecule is CCn1ccc2cc(NC(=O)c3ccc(S(=O)(=O)NC(C)C)cc3)ccc21. The van der Waals surface area contributed by atoms with Gasteiger partial charge in [0.1, 0.15) is 0 Å². The van der Waals surface area contributed by atoms with Gasteiger partial charge in [-0.3, -0.25) is 4.79 Å². The monoisotopic (exact) mass is 385 g/mol. The Morgan fingerprint density at radius 2 is 1.78 bits per heavy atom. The minimum absolute atomic E-state index is 0.134. The van der Waals surface area contributed by atoms with E-state index in [1.54, 1.807) is 13.8 Å². The predicted molar refractivity (Wildman–Crippen MR) is 107 cm³/mol. The number of hydrogen-bond acceptors (Lipinski definition) is 3. The molecular formula is C20H23N3O3S. The van der Waals surface area contributed by atoms with Gasteiger partial charge in [0, 0.05) is 40.9 Å². The van der Waals surface area contributed by atoms with Crippen LogP contribution < -0.4 is 10.0 Å². The summed E-state index contributed by atoms with van der Waals surface area (Å²) < 4.78 is 29.0. The first-order valence-corrected chi connectivity index (χ1v) is 10.3. The molecule has 0 fully saturated rings. The third-order valence-electron chi connectivity index (χ3n) is 4.19. The van der Waals surface area contributed by atoms with Gasteiger partial charge in [-0.25, -0.2) is 13.1 Å². The van der Waals surface area contributed by atoms with Crippen molar-refractivity contribution in [1.29, 1.82) is 0 Å². The zero-order chi connectivity index (χ0) is 19.6. The Morgan fingerprint density at radius 3 is 2.41 bits per heavy atom. The maximum Gasteiger partial charge on any atom is 0.255 e. The molecule has 6 nitrogen and oxygen atoms in total. The molecule has 2 aromatic carbocycles. The molecule has 2 N–H and O–H groups in total. The van der Waals surface area contributed by atoms with Gasteiger partial charge in [-0.2, -0.15) is 0 Å². The molecule has 3 aromatic rings. The van der Waals surface area contributed by atoms with Crippen molar-refractivity contribution < 1.29 is 13.2 Å². The van der Waals surface area contributed by atoms with Gasteiger partial charge in [0.15, 0.2) is 0 Å². The van der Waals surface area contributed by atoms with E-state index in [-0.39, 0.29) is 16.8 Å². The number of fused-ring (bicyclic) bond motifs is 1. The Labute approximate surface area is 159 Å². The molecule has 3 rings (SSSR count). The highest BCUT2D eigenvalue weighted by Gasteiger charge is 2.16. The van der Waals surface area contributed by atoms with E-state index >= 15 is 0 Å². The lowest BCUT2D eigenvalue weighted by Gasteiger charge is -2.10. The van der Waals surface area contributed by atoms with Crippen LogP contribution in [-0.2, 0) is 16.6 Å². The van der Waals surface area contributed by atoms with E-state index in [1.807, 2.05) is 30.5 Å². The van der Waals surface area contributed by atoms with E-state index in [4.69, 9.17) is 0 Å². The predicted octanol–water partition coefficient (Wildman–Crippen LogP) is 3.60. The quantitative estimate of drug-likeness (QED) is 0.680. The number of sulfonamides is 1. The molecule has 0 bridgehead atoms. The van der Waals surface area contributed by atoms with Crippen molar-refractivity contribution in [2.24, 2.45) is 0 Å². The number of carbonyl (C=O) groups excluding carboxylic acids is 1. The summed E-state index contributed by atoms with van der Waals surface area (Å²) in [6, 6.07) is 13.5. The average molecular weight is 385 g/mol. The summed E-state index contributed by atoms with van der Waals surface area (Å²) in [6.07, 6.45) is 2.01. The van der Waals surface area contributed by atoms with Gasteiger partial charge in [-0.15, -0.1) is 0 Å². The summed E-state index contributed by atoms with van der Waals surface area (Å²) in [6.45, 7) is 6.47. The van der Waals surface area contributed by atoms with Crippen LogP contribution >= 0.6 is 0 Å². The van der Waals surface area contributed by atoms with Gasteiger partial charge in [0.2, 0.25) is 10.0 Å². The van der Waals surface area contributed by atoms with Gasteiger partial charge in [-0.05, 0) is 69.3 Å². The fourth-order valence-electron chi connectivity index (χ4n) is 2.92. The molecule has 1 aromatic heterocycles. The highest BCUT2D eigenvalue weighted by atomic mass is 32.2. The normalized spacial score (nSPS) is 11.9. The molecule has 1 heterocycles. The molecule has 142 valence electrons. The molecule has 0 saturated carbocycles. The lowest BCUT2D eigenvalue weighted by molar-refractivity contribution is 0.102. The second kappa shape index (κ2) is 7.54. The third-order valence-corrected chi connectivity index (χ3v) is 5.86. The van der Waals surface area contributed by atoms with Crippen LogP contribution in [0.15, 0.2) is 59.6 Å². The number of amides is 1. The summed E-state index contributed by atoms with van der Waals surface area (Å²) in [5, 5.41) is 3.91. The highest BCUT2D eigenvalue weighted by Crippen LogP contribution is 2.21. The maximum absolute atomic E-state index is 12.5. The largest absolute Gasteiger partial charge is 0.348 e. The lowest BCUT2D eigenvalue weighted by atomic mass is 10.2. The van der Waals surface area contributed by atoms with Crippen molar-refractivity contribution in [3.63, 3.8) is 0 Å². The van der Waals surface area contributed by atoms with Crippen LogP contribution in [0.25, 0.3) is 10.9 Å². The molecule has 0 saturated heterocycles. The Balaban J connectivity index is 1.76. The number of aromatic nitrogens is 1. The van der Waals surface area contributed by atoms with Crippen molar-refractivity contribution in [2.75, 3.05) is 5.32 Å². The summed E-state index contributed by atoms with van der Waals surface area (Å²) in [4.78, 5) is 12.6. The first-order chi connectivity index (χ1) is 12.8. The minimum Gasteiger partial charge on any atom is -0.348 e. The van der Waals surface area contributed by atoms with Crippen LogP contribution in [0.1, 0.15) is 31.1 Å². The van der Waals surface area contributed by atoms with Crippen molar-refractivity contribution in [1.82, 2.24) is 9.29 Å². The third kappa shape index (κ3) is 4.20. The van der Waals surface area contributed by atoms with Crippen LogP contribution in [0.2, 0.25) is 0 Å². The van der Waals surface area contributed by atoms with E-state index in [0.717, 1.165) is 17.4 Å². The van der Waals surface area contributed by atoms with Crippen LogP contribution in [-0.4, -0.2) is 24.9 Å². The molecule has 27 heavy (non-hydrogen) atoms. The van der Waals surface area contributed by atoms with Crippen molar-refractivity contribution in [3.05, 3.63) is 60.3 Å². The van der Waals surface area contributed by atoms with Gasteiger partial charge in [0.05, 0.1) is 4.90 Å². The summed E-state index contributed by atoms with van der Waals surface area (Å²) in [7, 11) is -3.57. The molecular weight excluding hydrogens is 362 g/mol. The smallest absolute Gasteiger partial charge is 0.255 e. The molecule has 0 radical (unpaired) electrons. The molecule has 0 aliphatic carbocycles. The molecule has 0 aliphatic rings. The van der Waals surface area contributed by atoms with Gasteiger partial charge in [-0.1, -0.05) is 0 Å². The molecule has 7 heteroatoms. The van der Waals surface area contributed by atoms with Crippen LogP contribution in [0.3, 0.4) is 0 Å². The fourth-order valence-corrected chi connectivity index (χ4v) is 4.17. The second-order valence-corrected chi connectivity index (χ2v) is 8.34. The van der Waals surface area contributed by atoms with E-state index in [9.17, 15) is 13.2 Å². The number of nitrogens with zero attached hydrogens (tertiary/aromatic N) is 1. The number of anilines is 1. The van der Waals surface area contributed by atoms with Crippen LogP contribution in [0, 0.1) is 0 Å². The number of nitrogens with one attached hydrogen (secondary N) is 2. The Hall–Kier alpha value is -2.64. The highest BCUT2D eigenvalue weighted by molar-refractivity contribution is 7.89. The summed E-state index contributed by atoms with van der Waals surface area (Å²) >= 11 is 0. The fraction of sp³-hybridized carbons (Fsp3) is 0.250. The number of benzene rings is 2. The number of rotatable bonds is 6. The first kappa shape index (κ1) is 19.1. The van der Waals surface area contributed by atoms with Crippen molar-refractivity contribution >= 4 is 32.5 Å². The number of aryl methyl sites for hydroxylation is 1. The minimum atomic E-state index is -3.57. The Kier molecular flexibility index (Phi) is 5.34. The van der Waals surface area contributed by atoms with E-state index in [2.05, 4.69) is 21.5 Å². The second-order valence-electron chi connectivity index (χ2n) is 6.63. The van der Waals surface area contributed by atoms with Crippen molar-refractivity contribution in [3.8, 4) is 0 Å². The molecule has 0 aliphatic heterocycles. The number of carbonyl (C=O) groups is 1. The topological polar surface area (TPSA) is 80.2 Å². The Morgan fingerprint density at radius 1 is 1.07 bits per heavy atom. The molecule has 1 amide bonds. The van der Waals surface area contributed by atoms with E-state index < -0.39 is 10.0 Å². The first-order valence-electron chi connectivity index (χ1n) is 8.83. The molecule has 0 spiro atoms. The molecule has 0 unspecified atom stereocenters. The summed E-state index contributed by atoms with van der Waals surface area (Å²) in [5.74, 6) is -0.287. The van der Waals surface area contributed by atoms with Crippen LogP contribution in [0.5, 0.6) is 0 Å². The maximum atomic E-state index is 12.5. The van der Waals surface area contributed by atoms with Gasteiger partial charge < -0.3 is 9.88 Å². The van der Waals surface area contributed by atoms with Crippen molar-refractivity contribution in [2.45, 2.75) is 38.3 Å². The zero-order valence-corrected chi connectivity index (χ0v) is 16.4. The Bertz CT molecular complexity index is 1070. The standard InChI is InChI=1S/C20H23N3O3S/c1-4-23-12-11-16-13-17(7-10-19(16)23)21-20(24)15-5-8-18(9-6-15)27(25,26)22-14(2)3/h5-14,22H,4H2,1-3H3,(H,21,24). The number of hydrogen-bond donors (Lipinski definition) is 2.